The summed E-state index contributed by atoms with van der Waals surface area (Å²) in [6, 6.07) is 6.04. The first-order chi connectivity index (χ1) is 9.44. The molecule has 0 saturated carbocycles. The van der Waals surface area contributed by atoms with E-state index < -0.39 is 21.8 Å². The molecular weight excluding hydrogens is 283 g/mol. The van der Waals surface area contributed by atoms with Gasteiger partial charge in [-0.25, -0.2) is 4.98 Å². The van der Waals surface area contributed by atoms with Gasteiger partial charge in [0.2, 0.25) is 5.82 Å². The van der Waals surface area contributed by atoms with E-state index in [0.717, 1.165) is 11.9 Å². The predicted molar refractivity (Wildman–Crippen MR) is 70.4 cm³/mol. The Labute approximate surface area is 116 Å². The fourth-order valence-corrected chi connectivity index (χ4v) is 2.44. The Morgan fingerprint density at radius 2 is 1.85 bits per heavy atom. The molecule has 1 aromatic carbocycles. The molecule has 0 fully saturated rings. The zero-order valence-corrected chi connectivity index (χ0v) is 11.8. The smallest absolute Gasteiger partial charge is 0.340 e. The van der Waals surface area contributed by atoms with Crippen molar-refractivity contribution in [2.75, 3.05) is 0 Å². The Bertz CT molecular complexity index is 715. The number of aromatic nitrogens is 2. The molecule has 0 unspecified atom stereocenters. The molecular formula is C13H13FN2O3S. The van der Waals surface area contributed by atoms with E-state index in [1.165, 1.54) is 12.1 Å². The maximum atomic E-state index is 13.9. The van der Waals surface area contributed by atoms with E-state index in [-0.39, 0.29) is 10.6 Å². The van der Waals surface area contributed by atoms with Crippen molar-refractivity contribution < 1.29 is 17.0 Å². The van der Waals surface area contributed by atoms with E-state index in [4.69, 9.17) is 4.18 Å². The van der Waals surface area contributed by atoms with E-state index in [0.29, 0.717) is 6.42 Å². The van der Waals surface area contributed by atoms with Crippen molar-refractivity contribution in [1.29, 1.82) is 0 Å². The summed E-state index contributed by atoms with van der Waals surface area (Å²) in [4.78, 5) is 7.18. The van der Waals surface area contributed by atoms with Crippen LogP contribution in [-0.2, 0) is 16.5 Å². The van der Waals surface area contributed by atoms with Crippen molar-refractivity contribution >= 4 is 10.1 Å². The number of aryl methyl sites for hydroxylation is 2. The second kappa shape index (κ2) is 5.54. The average molecular weight is 296 g/mol. The van der Waals surface area contributed by atoms with Crippen LogP contribution in [0.5, 0.6) is 5.88 Å². The lowest BCUT2D eigenvalue weighted by molar-refractivity contribution is 0.441. The first kappa shape index (κ1) is 14.4. The highest BCUT2D eigenvalue weighted by atomic mass is 32.2. The van der Waals surface area contributed by atoms with Crippen LogP contribution in [0.15, 0.2) is 35.5 Å². The van der Waals surface area contributed by atoms with Gasteiger partial charge in [-0.1, -0.05) is 24.6 Å². The van der Waals surface area contributed by atoms with Crippen LogP contribution in [0.1, 0.15) is 18.2 Å². The Hall–Kier alpha value is -2.02. The van der Waals surface area contributed by atoms with Crippen LogP contribution in [0.25, 0.3) is 0 Å². The van der Waals surface area contributed by atoms with E-state index in [9.17, 15) is 12.8 Å². The number of nitrogens with zero attached hydrogens (tertiary/aromatic N) is 2. The van der Waals surface area contributed by atoms with Gasteiger partial charge in [0.05, 0.1) is 5.69 Å². The largest absolute Gasteiger partial charge is 0.355 e. The van der Waals surface area contributed by atoms with E-state index >= 15 is 0 Å². The molecule has 0 amide bonds. The summed E-state index contributed by atoms with van der Waals surface area (Å²) in [7, 11) is -4.11. The molecule has 20 heavy (non-hydrogen) atoms. The summed E-state index contributed by atoms with van der Waals surface area (Å²) >= 11 is 0. The van der Waals surface area contributed by atoms with Crippen molar-refractivity contribution in [3.05, 3.63) is 47.7 Å². The van der Waals surface area contributed by atoms with E-state index in [2.05, 4.69) is 9.97 Å². The number of halogens is 1. The van der Waals surface area contributed by atoms with Crippen molar-refractivity contribution in [2.24, 2.45) is 0 Å². The highest BCUT2D eigenvalue weighted by Gasteiger charge is 2.21. The lowest BCUT2D eigenvalue weighted by Gasteiger charge is -2.08. The molecule has 0 saturated heterocycles. The first-order valence-corrected chi connectivity index (χ1v) is 7.35. The standard InChI is InChI=1S/C13H13FN2O3S/c1-3-11-12(14)13(16-8-15-11)19-20(17,18)10-6-4-9(2)5-7-10/h4-8H,3H2,1-2H3. The van der Waals surface area contributed by atoms with Crippen molar-refractivity contribution in [3.8, 4) is 5.88 Å². The van der Waals surface area contributed by atoms with Crippen LogP contribution in [0.3, 0.4) is 0 Å². The zero-order chi connectivity index (χ0) is 14.8. The van der Waals surface area contributed by atoms with Gasteiger partial charge in [0.15, 0.2) is 0 Å². The van der Waals surface area contributed by atoms with Gasteiger partial charge in [0.25, 0.3) is 5.88 Å². The van der Waals surface area contributed by atoms with Gasteiger partial charge in [-0.2, -0.15) is 17.8 Å². The third kappa shape index (κ3) is 2.93. The average Bonchev–Trinajstić information content (AvgIpc) is 2.41. The number of hydrogen-bond donors (Lipinski definition) is 0. The van der Waals surface area contributed by atoms with E-state index in [1.807, 2.05) is 6.92 Å². The van der Waals surface area contributed by atoms with Crippen molar-refractivity contribution in [3.63, 3.8) is 0 Å². The molecule has 0 aliphatic heterocycles. The Kier molecular flexibility index (Phi) is 3.99. The van der Waals surface area contributed by atoms with Crippen molar-refractivity contribution in [1.82, 2.24) is 9.97 Å². The molecule has 5 nitrogen and oxygen atoms in total. The van der Waals surface area contributed by atoms with Gasteiger partial charge in [0, 0.05) is 0 Å². The first-order valence-electron chi connectivity index (χ1n) is 5.94. The molecule has 106 valence electrons. The minimum absolute atomic E-state index is 0.0563. The Balaban J connectivity index is 2.36. The molecule has 0 aliphatic rings. The third-order valence-electron chi connectivity index (χ3n) is 2.66. The fraction of sp³-hybridized carbons (Fsp3) is 0.231. The molecule has 0 radical (unpaired) electrons. The quantitative estimate of drug-likeness (QED) is 0.809. The van der Waals surface area contributed by atoms with Crippen LogP contribution in [0.4, 0.5) is 4.39 Å². The van der Waals surface area contributed by atoms with Crippen molar-refractivity contribution in [2.45, 2.75) is 25.2 Å². The zero-order valence-electron chi connectivity index (χ0n) is 11.0. The molecule has 0 aliphatic carbocycles. The molecule has 0 N–H and O–H groups in total. The van der Waals surface area contributed by atoms with Crippen LogP contribution >= 0.6 is 0 Å². The molecule has 1 aromatic heterocycles. The maximum absolute atomic E-state index is 13.9. The lowest BCUT2D eigenvalue weighted by atomic mass is 10.2. The topological polar surface area (TPSA) is 69.2 Å². The van der Waals surface area contributed by atoms with Gasteiger partial charge < -0.3 is 4.18 Å². The molecule has 7 heteroatoms. The number of hydrogen-bond acceptors (Lipinski definition) is 5. The lowest BCUT2D eigenvalue weighted by Crippen LogP contribution is -2.13. The highest BCUT2D eigenvalue weighted by molar-refractivity contribution is 7.87. The summed E-state index contributed by atoms with van der Waals surface area (Å²) in [5.41, 5.74) is 1.01. The molecule has 0 spiro atoms. The molecule has 2 rings (SSSR count). The van der Waals surface area contributed by atoms with Crippen LogP contribution in [0.2, 0.25) is 0 Å². The Morgan fingerprint density at radius 1 is 1.20 bits per heavy atom. The molecule has 0 atom stereocenters. The SMILES string of the molecule is CCc1ncnc(OS(=O)(=O)c2ccc(C)cc2)c1F. The third-order valence-corrected chi connectivity index (χ3v) is 3.89. The number of benzene rings is 1. The predicted octanol–water partition coefficient (Wildman–Crippen LogP) is 2.25. The number of rotatable bonds is 4. The summed E-state index contributed by atoms with van der Waals surface area (Å²) in [6.45, 7) is 3.53. The molecule has 1 heterocycles. The second-order valence-corrected chi connectivity index (χ2v) is 5.69. The molecule has 0 bridgehead atoms. The van der Waals surface area contributed by atoms with Gasteiger partial charge in [0.1, 0.15) is 11.2 Å². The molecule has 2 aromatic rings. The summed E-state index contributed by atoms with van der Waals surface area (Å²) < 4.78 is 42.6. The second-order valence-electron chi connectivity index (χ2n) is 4.14. The van der Waals surface area contributed by atoms with Crippen LogP contribution in [-0.4, -0.2) is 18.4 Å². The van der Waals surface area contributed by atoms with Crippen LogP contribution in [0, 0.1) is 12.7 Å². The normalized spacial score (nSPS) is 11.3. The summed E-state index contributed by atoms with van der Waals surface area (Å²) in [5, 5.41) is 0. The minimum Gasteiger partial charge on any atom is -0.355 e. The van der Waals surface area contributed by atoms with Gasteiger partial charge in [-0.05, 0) is 25.5 Å². The van der Waals surface area contributed by atoms with Gasteiger partial charge >= 0.3 is 10.1 Å². The minimum atomic E-state index is -4.11. The summed E-state index contributed by atoms with van der Waals surface area (Å²) in [5.74, 6) is -1.44. The Morgan fingerprint density at radius 3 is 2.45 bits per heavy atom. The fourth-order valence-electron chi connectivity index (χ4n) is 1.55. The van der Waals surface area contributed by atoms with Gasteiger partial charge in [-0.3, -0.25) is 0 Å². The van der Waals surface area contributed by atoms with Crippen LogP contribution < -0.4 is 4.18 Å². The highest BCUT2D eigenvalue weighted by Crippen LogP contribution is 2.21. The maximum Gasteiger partial charge on any atom is 0.340 e. The monoisotopic (exact) mass is 296 g/mol. The van der Waals surface area contributed by atoms with Gasteiger partial charge in [-0.15, -0.1) is 0 Å². The van der Waals surface area contributed by atoms with E-state index in [1.54, 1.807) is 19.1 Å². The summed E-state index contributed by atoms with van der Waals surface area (Å²) in [6.07, 6.45) is 1.39.